The van der Waals surface area contributed by atoms with Crippen LogP contribution in [0.4, 0.5) is 5.69 Å². The maximum atomic E-state index is 12.2. The quantitative estimate of drug-likeness (QED) is 0.904. The molecule has 1 aliphatic heterocycles. The van der Waals surface area contributed by atoms with Crippen molar-refractivity contribution in [1.82, 2.24) is 10.3 Å². The number of carbonyl (C=O) groups excluding carboxylic acids is 1. The van der Waals surface area contributed by atoms with E-state index in [0.717, 1.165) is 24.5 Å². The molecule has 1 aromatic carbocycles. The molecule has 1 unspecified atom stereocenters. The van der Waals surface area contributed by atoms with Crippen LogP contribution in [0.2, 0.25) is 0 Å². The van der Waals surface area contributed by atoms with Gasteiger partial charge in [-0.3, -0.25) is 9.78 Å². The van der Waals surface area contributed by atoms with Crippen molar-refractivity contribution in [3.05, 3.63) is 59.4 Å². The summed E-state index contributed by atoms with van der Waals surface area (Å²) in [4.78, 5) is 16.3. The molecule has 1 atom stereocenters. The molecule has 4 nitrogen and oxygen atoms in total. The number of anilines is 1. The van der Waals surface area contributed by atoms with Gasteiger partial charge in [-0.2, -0.15) is 0 Å². The summed E-state index contributed by atoms with van der Waals surface area (Å²) >= 11 is 0. The predicted octanol–water partition coefficient (Wildman–Crippen LogP) is 3.53. The van der Waals surface area contributed by atoms with E-state index in [0.29, 0.717) is 11.5 Å². The molecule has 0 aliphatic carbocycles. The summed E-state index contributed by atoms with van der Waals surface area (Å²) in [6.45, 7) is 4.07. The number of aromatic nitrogens is 1. The Morgan fingerprint density at radius 1 is 1.22 bits per heavy atom. The maximum Gasteiger partial charge on any atom is 0.257 e. The molecule has 1 amide bonds. The summed E-state index contributed by atoms with van der Waals surface area (Å²) in [6.07, 6.45) is 4.06. The predicted molar refractivity (Wildman–Crippen MR) is 95.5 cm³/mol. The highest BCUT2D eigenvalue weighted by Crippen LogP contribution is 2.24. The summed E-state index contributed by atoms with van der Waals surface area (Å²) in [7, 11) is 0. The summed E-state index contributed by atoms with van der Waals surface area (Å²) in [6, 6.07) is 11.8. The smallest absolute Gasteiger partial charge is 0.257 e. The van der Waals surface area contributed by atoms with Gasteiger partial charge in [0, 0.05) is 24.1 Å². The Bertz CT molecular complexity index is 634. The molecule has 5 heteroatoms. The highest BCUT2D eigenvalue weighted by atomic mass is 35.5. The van der Waals surface area contributed by atoms with Crippen LogP contribution in [0.25, 0.3) is 0 Å². The van der Waals surface area contributed by atoms with E-state index in [1.54, 1.807) is 12.3 Å². The highest BCUT2D eigenvalue weighted by molar-refractivity contribution is 6.04. The first-order valence-electron chi connectivity index (χ1n) is 7.77. The Morgan fingerprint density at radius 3 is 2.61 bits per heavy atom. The second-order valence-corrected chi connectivity index (χ2v) is 5.81. The van der Waals surface area contributed by atoms with Crippen molar-refractivity contribution >= 4 is 24.0 Å². The van der Waals surface area contributed by atoms with E-state index in [1.165, 1.54) is 18.4 Å². The van der Waals surface area contributed by atoms with Crippen molar-refractivity contribution in [2.45, 2.75) is 25.7 Å². The molecule has 1 saturated heterocycles. The van der Waals surface area contributed by atoms with E-state index in [4.69, 9.17) is 0 Å². The second-order valence-electron chi connectivity index (χ2n) is 5.81. The number of hydrogen-bond acceptors (Lipinski definition) is 3. The van der Waals surface area contributed by atoms with Crippen molar-refractivity contribution < 1.29 is 4.79 Å². The number of piperidine rings is 1. The van der Waals surface area contributed by atoms with Crippen LogP contribution in [0.5, 0.6) is 0 Å². The van der Waals surface area contributed by atoms with Gasteiger partial charge in [0.1, 0.15) is 0 Å². The molecule has 2 aromatic rings. The zero-order chi connectivity index (χ0) is 15.4. The van der Waals surface area contributed by atoms with E-state index < -0.39 is 0 Å². The Labute approximate surface area is 143 Å². The Hall–Kier alpha value is -1.91. The van der Waals surface area contributed by atoms with Gasteiger partial charge in [-0.15, -0.1) is 12.4 Å². The van der Waals surface area contributed by atoms with Gasteiger partial charge in [0.25, 0.3) is 5.91 Å². The molecule has 0 radical (unpaired) electrons. The monoisotopic (exact) mass is 331 g/mol. The van der Waals surface area contributed by atoms with Gasteiger partial charge in [0.2, 0.25) is 0 Å². The molecule has 3 rings (SSSR count). The number of carbonyl (C=O) groups is 1. The Kier molecular flexibility index (Phi) is 6.13. The van der Waals surface area contributed by atoms with Crippen molar-refractivity contribution in [3.8, 4) is 0 Å². The molecule has 2 heterocycles. The first kappa shape index (κ1) is 17.4. The standard InChI is InChI=1S/C18H21N3O.ClH/c1-13-4-5-16(12-20-13)18(22)21-17-8-6-14(7-9-17)15-3-2-10-19-11-15;/h4-9,12,15,19H,2-3,10-11H2,1H3,(H,21,22);1H. The Balaban J connectivity index is 0.00000192. The molecule has 1 aliphatic rings. The first-order chi connectivity index (χ1) is 10.7. The van der Waals surface area contributed by atoms with Gasteiger partial charge in [-0.25, -0.2) is 0 Å². The van der Waals surface area contributed by atoms with Crippen molar-refractivity contribution in [1.29, 1.82) is 0 Å². The molecule has 0 spiro atoms. The number of nitrogens with one attached hydrogen (secondary N) is 2. The molecular formula is C18H22ClN3O. The summed E-state index contributed by atoms with van der Waals surface area (Å²) in [5, 5.41) is 6.34. The number of halogens is 1. The third kappa shape index (κ3) is 4.53. The van der Waals surface area contributed by atoms with Crippen molar-refractivity contribution in [2.24, 2.45) is 0 Å². The van der Waals surface area contributed by atoms with E-state index >= 15 is 0 Å². The molecule has 23 heavy (non-hydrogen) atoms. The number of nitrogens with zero attached hydrogens (tertiary/aromatic N) is 1. The lowest BCUT2D eigenvalue weighted by atomic mass is 9.92. The second kappa shape index (κ2) is 8.09. The summed E-state index contributed by atoms with van der Waals surface area (Å²) in [5.41, 5.74) is 3.63. The molecule has 122 valence electrons. The zero-order valence-electron chi connectivity index (χ0n) is 13.2. The minimum absolute atomic E-state index is 0. The Morgan fingerprint density at radius 2 is 2.00 bits per heavy atom. The number of aryl methyl sites for hydroxylation is 1. The van der Waals surface area contributed by atoms with E-state index in [-0.39, 0.29) is 18.3 Å². The third-order valence-corrected chi connectivity index (χ3v) is 4.11. The first-order valence-corrected chi connectivity index (χ1v) is 7.77. The van der Waals surface area contributed by atoms with Gasteiger partial charge in [0.15, 0.2) is 0 Å². The highest BCUT2D eigenvalue weighted by Gasteiger charge is 2.15. The fourth-order valence-corrected chi connectivity index (χ4v) is 2.78. The topological polar surface area (TPSA) is 54.0 Å². The summed E-state index contributed by atoms with van der Waals surface area (Å²) in [5.74, 6) is 0.458. The number of pyridine rings is 1. The van der Waals surface area contributed by atoms with Crippen LogP contribution in [0, 0.1) is 6.92 Å². The molecule has 2 N–H and O–H groups in total. The van der Waals surface area contributed by atoms with Crippen LogP contribution in [-0.2, 0) is 0 Å². The maximum absolute atomic E-state index is 12.2. The fraction of sp³-hybridized carbons (Fsp3) is 0.333. The lowest BCUT2D eigenvalue weighted by molar-refractivity contribution is 0.102. The average molecular weight is 332 g/mol. The number of hydrogen-bond donors (Lipinski definition) is 2. The molecule has 1 fully saturated rings. The van der Waals surface area contributed by atoms with Gasteiger partial charge in [-0.05, 0) is 62.1 Å². The third-order valence-electron chi connectivity index (χ3n) is 4.11. The van der Waals surface area contributed by atoms with Crippen LogP contribution in [0.1, 0.15) is 40.4 Å². The van der Waals surface area contributed by atoms with E-state index in [9.17, 15) is 4.79 Å². The molecule has 0 saturated carbocycles. The van der Waals surface area contributed by atoms with Crippen LogP contribution in [0.15, 0.2) is 42.6 Å². The molecule has 0 bridgehead atoms. The lowest BCUT2D eigenvalue weighted by Crippen LogP contribution is -2.28. The van der Waals surface area contributed by atoms with Gasteiger partial charge in [0.05, 0.1) is 5.56 Å². The SMILES string of the molecule is Cc1ccc(C(=O)Nc2ccc(C3CCCNC3)cc2)cn1.Cl. The minimum atomic E-state index is -0.125. The summed E-state index contributed by atoms with van der Waals surface area (Å²) < 4.78 is 0. The van der Waals surface area contributed by atoms with Gasteiger partial charge >= 0.3 is 0 Å². The minimum Gasteiger partial charge on any atom is -0.322 e. The number of amides is 1. The van der Waals surface area contributed by atoms with Crippen LogP contribution < -0.4 is 10.6 Å². The van der Waals surface area contributed by atoms with E-state index in [2.05, 4.69) is 27.8 Å². The zero-order valence-corrected chi connectivity index (χ0v) is 14.0. The fourth-order valence-electron chi connectivity index (χ4n) is 2.78. The van der Waals surface area contributed by atoms with Crippen LogP contribution >= 0.6 is 12.4 Å². The van der Waals surface area contributed by atoms with E-state index in [1.807, 2.05) is 25.1 Å². The number of rotatable bonds is 3. The van der Waals surface area contributed by atoms with Crippen LogP contribution in [-0.4, -0.2) is 24.0 Å². The van der Waals surface area contributed by atoms with Crippen LogP contribution in [0.3, 0.4) is 0 Å². The lowest BCUT2D eigenvalue weighted by Gasteiger charge is -2.23. The van der Waals surface area contributed by atoms with Crippen molar-refractivity contribution in [3.63, 3.8) is 0 Å². The largest absolute Gasteiger partial charge is 0.322 e. The normalized spacial score (nSPS) is 17.2. The van der Waals surface area contributed by atoms with Gasteiger partial charge in [-0.1, -0.05) is 12.1 Å². The molecular weight excluding hydrogens is 310 g/mol. The number of benzene rings is 1. The van der Waals surface area contributed by atoms with Crippen molar-refractivity contribution in [2.75, 3.05) is 18.4 Å². The molecule has 1 aromatic heterocycles. The average Bonchev–Trinajstić information content (AvgIpc) is 2.57. The van der Waals surface area contributed by atoms with Gasteiger partial charge < -0.3 is 10.6 Å².